The number of amides is 1. The van der Waals surface area contributed by atoms with Gasteiger partial charge in [-0.3, -0.25) is 9.69 Å². The number of phenolic OH excluding ortho intramolecular Hbond substituents is 1. The van der Waals surface area contributed by atoms with E-state index in [1.54, 1.807) is 25.1 Å². The summed E-state index contributed by atoms with van der Waals surface area (Å²) in [6.07, 6.45) is 1.47. The highest BCUT2D eigenvalue weighted by molar-refractivity contribution is 6.23. The lowest BCUT2D eigenvalue weighted by molar-refractivity contribution is -0.136. The fraction of sp³-hybridized carbons (Fsp3) is 0.100. The summed E-state index contributed by atoms with van der Waals surface area (Å²) in [5.41, 5.74) is 0.985. The summed E-state index contributed by atoms with van der Waals surface area (Å²) in [6, 6.07) is 12.1. The monoisotopic (exact) mass is 353 g/mol. The highest BCUT2D eigenvalue weighted by Crippen LogP contribution is 2.36. The number of hydrogen-bond acceptors (Lipinski definition) is 4. The van der Waals surface area contributed by atoms with E-state index >= 15 is 0 Å². The molecule has 3 rings (SSSR count). The van der Waals surface area contributed by atoms with Gasteiger partial charge >= 0.3 is 5.97 Å². The Kier molecular flexibility index (Phi) is 4.58. The predicted molar refractivity (Wildman–Crippen MR) is 94.7 cm³/mol. The summed E-state index contributed by atoms with van der Waals surface area (Å²) >= 11 is 0. The molecule has 1 aliphatic rings. The molecule has 0 atom stereocenters. The topological polar surface area (TPSA) is 66.8 Å². The Bertz CT molecular complexity index is 962. The molecule has 0 saturated carbocycles. The van der Waals surface area contributed by atoms with Crippen LogP contribution in [0.15, 0.2) is 65.4 Å². The lowest BCUT2D eigenvalue weighted by Gasteiger charge is -2.18. The third kappa shape index (κ3) is 2.97. The van der Waals surface area contributed by atoms with Crippen LogP contribution in [0.25, 0.3) is 6.08 Å². The van der Waals surface area contributed by atoms with Crippen molar-refractivity contribution in [3.8, 4) is 5.75 Å². The Morgan fingerprint density at radius 3 is 2.58 bits per heavy atom. The number of aromatic hydroxyl groups is 1. The van der Waals surface area contributed by atoms with Crippen molar-refractivity contribution in [1.29, 1.82) is 0 Å². The number of nitrogens with zero attached hydrogens (tertiary/aromatic N) is 1. The van der Waals surface area contributed by atoms with Gasteiger partial charge in [0.15, 0.2) is 0 Å². The molecule has 0 aromatic heterocycles. The minimum atomic E-state index is -0.693. The molecule has 1 N–H and O–H groups in total. The van der Waals surface area contributed by atoms with Gasteiger partial charge in [0.05, 0.1) is 23.9 Å². The van der Waals surface area contributed by atoms with Crippen molar-refractivity contribution in [3.05, 3.63) is 76.8 Å². The van der Waals surface area contributed by atoms with Crippen LogP contribution in [0.1, 0.15) is 12.5 Å². The van der Waals surface area contributed by atoms with Gasteiger partial charge in [0.1, 0.15) is 11.6 Å². The zero-order valence-electron chi connectivity index (χ0n) is 14.2. The number of carbonyl (C=O) groups is 2. The summed E-state index contributed by atoms with van der Waals surface area (Å²) in [4.78, 5) is 26.4. The Labute approximate surface area is 149 Å². The average Bonchev–Trinajstić information content (AvgIpc) is 2.85. The first kappa shape index (κ1) is 17.4. The quantitative estimate of drug-likeness (QED) is 0.678. The number of hydrogen-bond donors (Lipinski definition) is 1. The summed E-state index contributed by atoms with van der Waals surface area (Å²) in [6.45, 7) is 1.56. The molecule has 0 fully saturated rings. The van der Waals surface area contributed by atoms with Crippen LogP contribution in [0.3, 0.4) is 0 Å². The number of allylic oxidation sites excluding steroid dienone is 1. The van der Waals surface area contributed by atoms with Gasteiger partial charge < -0.3 is 9.84 Å². The maximum atomic E-state index is 14.2. The third-order valence-electron chi connectivity index (χ3n) is 4.06. The molecule has 1 heterocycles. The molecular formula is C20H16FNO4. The van der Waals surface area contributed by atoms with Crippen molar-refractivity contribution in [1.82, 2.24) is 0 Å². The van der Waals surface area contributed by atoms with Gasteiger partial charge in [0, 0.05) is 5.70 Å². The Morgan fingerprint density at radius 2 is 1.92 bits per heavy atom. The molecule has 2 aromatic carbocycles. The SMILES string of the molecule is COC(=O)C1=C(C)N(c2ccccc2F)C(=O)C1=Cc1cccc(O)c1. The van der Waals surface area contributed by atoms with E-state index in [0.717, 1.165) is 4.90 Å². The molecule has 1 amide bonds. The molecule has 0 spiro atoms. The minimum Gasteiger partial charge on any atom is -0.508 e. The Balaban J connectivity index is 2.17. The summed E-state index contributed by atoms with van der Waals surface area (Å²) in [7, 11) is 1.21. The highest BCUT2D eigenvalue weighted by atomic mass is 19.1. The van der Waals surface area contributed by atoms with Gasteiger partial charge in [0.2, 0.25) is 0 Å². The first-order chi connectivity index (χ1) is 12.4. The number of benzene rings is 2. The third-order valence-corrected chi connectivity index (χ3v) is 4.06. The van der Waals surface area contributed by atoms with Gasteiger partial charge in [0.25, 0.3) is 5.91 Å². The van der Waals surface area contributed by atoms with Crippen LogP contribution >= 0.6 is 0 Å². The van der Waals surface area contributed by atoms with Crippen LogP contribution < -0.4 is 4.90 Å². The fourth-order valence-electron chi connectivity index (χ4n) is 2.88. The molecule has 0 bridgehead atoms. The van der Waals surface area contributed by atoms with Gasteiger partial charge in [-0.25, -0.2) is 9.18 Å². The van der Waals surface area contributed by atoms with E-state index in [1.165, 1.54) is 43.5 Å². The molecule has 26 heavy (non-hydrogen) atoms. The second kappa shape index (κ2) is 6.84. The highest BCUT2D eigenvalue weighted by Gasteiger charge is 2.38. The van der Waals surface area contributed by atoms with Gasteiger partial charge in [-0.1, -0.05) is 24.3 Å². The predicted octanol–water partition coefficient (Wildman–Crippen LogP) is 3.41. The van der Waals surface area contributed by atoms with E-state index in [9.17, 15) is 19.1 Å². The number of para-hydroxylation sites is 1. The molecule has 5 nitrogen and oxygen atoms in total. The Morgan fingerprint density at radius 1 is 1.19 bits per heavy atom. The lowest BCUT2D eigenvalue weighted by Crippen LogP contribution is -2.25. The number of phenols is 1. The number of rotatable bonds is 3. The normalized spacial score (nSPS) is 15.7. The average molecular weight is 353 g/mol. The fourth-order valence-corrected chi connectivity index (χ4v) is 2.88. The first-order valence-electron chi connectivity index (χ1n) is 7.83. The second-order valence-electron chi connectivity index (χ2n) is 5.70. The maximum absolute atomic E-state index is 14.2. The van der Waals surface area contributed by atoms with E-state index in [4.69, 9.17) is 4.74 Å². The number of methoxy groups -OCH3 is 1. The van der Waals surface area contributed by atoms with Gasteiger partial charge in [-0.05, 0) is 42.8 Å². The van der Waals surface area contributed by atoms with E-state index in [1.807, 2.05) is 0 Å². The van der Waals surface area contributed by atoms with Gasteiger partial charge in [-0.2, -0.15) is 0 Å². The molecule has 0 saturated heterocycles. The van der Waals surface area contributed by atoms with Crippen LogP contribution in [0.2, 0.25) is 0 Å². The van der Waals surface area contributed by atoms with Crippen molar-refractivity contribution in [2.24, 2.45) is 0 Å². The van der Waals surface area contributed by atoms with Crippen LogP contribution in [0, 0.1) is 5.82 Å². The number of halogens is 1. The van der Waals surface area contributed by atoms with Crippen LogP contribution in [0.4, 0.5) is 10.1 Å². The first-order valence-corrected chi connectivity index (χ1v) is 7.83. The van der Waals surface area contributed by atoms with Crippen molar-refractivity contribution in [2.75, 3.05) is 12.0 Å². The molecule has 132 valence electrons. The van der Waals surface area contributed by atoms with Crippen LogP contribution in [-0.4, -0.2) is 24.1 Å². The molecular weight excluding hydrogens is 337 g/mol. The van der Waals surface area contributed by atoms with E-state index in [0.29, 0.717) is 5.56 Å². The van der Waals surface area contributed by atoms with Crippen molar-refractivity contribution in [3.63, 3.8) is 0 Å². The molecule has 0 radical (unpaired) electrons. The van der Waals surface area contributed by atoms with Crippen molar-refractivity contribution in [2.45, 2.75) is 6.92 Å². The van der Waals surface area contributed by atoms with E-state index < -0.39 is 17.7 Å². The van der Waals surface area contributed by atoms with E-state index in [-0.39, 0.29) is 28.3 Å². The standard InChI is InChI=1S/C20H16FNO4/c1-12-18(20(25)26-2)15(11-13-6-5-7-14(23)10-13)19(24)22(12)17-9-4-3-8-16(17)21/h3-11,23H,1-2H3. The molecule has 2 aromatic rings. The largest absolute Gasteiger partial charge is 0.508 e. The van der Waals surface area contributed by atoms with Gasteiger partial charge in [-0.15, -0.1) is 0 Å². The second-order valence-corrected chi connectivity index (χ2v) is 5.70. The number of anilines is 1. The van der Waals surface area contributed by atoms with Crippen molar-refractivity contribution >= 4 is 23.6 Å². The zero-order valence-corrected chi connectivity index (χ0v) is 14.2. The van der Waals surface area contributed by atoms with Crippen LogP contribution in [0.5, 0.6) is 5.75 Å². The smallest absolute Gasteiger partial charge is 0.340 e. The molecule has 6 heteroatoms. The zero-order chi connectivity index (χ0) is 18.8. The summed E-state index contributed by atoms with van der Waals surface area (Å²) in [5.74, 6) is -1.79. The maximum Gasteiger partial charge on any atom is 0.340 e. The van der Waals surface area contributed by atoms with E-state index in [2.05, 4.69) is 0 Å². The minimum absolute atomic E-state index is 0.0241. The van der Waals surface area contributed by atoms with Crippen molar-refractivity contribution < 1.29 is 23.8 Å². The molecule has 0 aliphatic carbocycles. The van der Waals surface area contributed by atoms with Crippen LogP contribution in [-0.2, 0) is 14.3 Å². The molecule has 0 unspecified atom stereocenters. The molecule has 1 aliphatic heterocycles. The number of carbonyl (C=O) groups excluding carboxylic acids is 2. The number of esters is 1. The number of ether oxygens (including phenoxy) is 1. The summed E-state index contributed by atoms with van der Waals surface area (Å²) < 4.78 is 19.0. The Hall–Kier alpha value is -3.41. The summed E-state index contributed by atoms with van der Waals surface area (Å²) in [5, 5.41) is 9.61. The lowest BCUT2D eigenvalue weighted by atomic mass is 10.0.